The fourth-order valence-corrected chi connectivity index (χ4v) is 4.68. The first kappa shape index (κ1) is 18.5. The van der Waals surface area contributed by atoms with Crippen molar-refractivity contribution < 1.29 is 5.11 Å². The van der Waals surface area contributed by atoms with Crippen molar-refractivity contribution in [3.05, 3.63) is 70.8 Å². The van der Waals surface area contributed by atoms with Gasteiger partial charge in [0, 0.05) is 5.02 Å². The van der Waals surface area contributed by atoms with Crippen molar-refractivity contribution in [3.8, 4) is 0 Å². The zero-order valence-corrected chi connectivity index (χ0v) is 16.7. The Balaban J connectivity index is 1.55. The summed E-state index contributed by atoms with van der Waals surface area (Å²) >= 11 is 6.02. The van der Waals surface area contributed by atoms with Crippen LogP contribution in [0.2, 0.25) is 5.02 Å². The maximum absolute atomic E-state index is 11.3. The summed E-state index contributed by atoms with van der Waals surface area (Å²) in [5.41, 5.74) is 4.65. The van der Waals surface area contributed by atoms with Crippen LogP contribution in [-0.2, 0) is 0 Å². The summed E-state index contributed by atoms with van der Waals surface area (Å²) in [4.78, 5) is 4.29. The molecule has 0 bridgehead atoms. The number of hydrogen-bond acceptors (Lipinski definition) is 2. The maximum Gasteiger partial charge on any atom is 0.0995 e. The van der Waals surface area contributed by atoms with Gasteiger partial charge in [0.15, 0.2) is 0 Å². The molecule has 4 rings (SSSR count). The van der Waals surface area contributed by atoms with Crippen molar-refractivity contribution in [2.75, 3.05) is 0 Å². The van der Waals surface area contributed by atoms with Crippen LogP contribution in [-0.4, -0.2) is 14.5 Å². The van der Waals surface area contributed by atoms with E-state index in [-0.39, 0.29) is 0 Å². The van der Waals surface area contributed by atoms with Gasteiger partial charge < -0.3 is 9.51 Å². The number of benzene rings is 1. The van der Waals surface area contributed by atoms with Gasteiger partial charge in [-0.2, -0.15) is 0 Å². The van der Waals surface area contributed by atoms with Gasteiger partial charge in [0.1, 0.15) is 0 Å². The molecule has 1 atom stereocenters. The highest BCUT2D eigenvalue weighted by atomic mass is 35.5. The van der Waals surface area contributed by atoms with Gasteiger partial charge in [0.05, 0.1) is 29.8 Å². The van der Waals surface area contributed by atoms with Crippen molar-refractivity contribution in [2.24, 2.45) is 5.92 Å². The summed E-state index contributed by atoms with van der Waals surface area (Å²) in [6.07, 6.45) is 7.54. The topological polar surface area (TPSA) is 37.5 Å². The summed E-state index contributed by atoms with van der Waals surface area (Å²) in [6, 6.07) is 12.5. The predicted molar refractivity (Wildman–Crippen MR) is 110 cm³/mol. The van der Waals surface area contributed by atoms with Crippen LogP contribution in [0.3, 0.4) is 0 Å². The minimum Gasteiger partial charge on any atom is -0.387 e. The van der Waals surface area contributed by atoms with Crippen LogP contribution in [0.5, 0.6) is 0 Å². The van der Waals surface area contributed by atoms with Gasteiger partial charge in [-0.1, -0.05) is 43.6 Å². The zero-order valence-electron chi connectivity index (χ0n) is 16.0. The molecule has 0 spiro atoms. The molecule has 0 aliphatic heterocycles. The van der Waals surface area contributed by atoms with E-state index in [1.54, 1.807) is 0 Å². The number of halogens is 1. The molecule has 1 aromatic carbocycles. The van der Waals surface area contributed by atoms with Gasteiger partial charge >= 0.3 is 0 Å². The molecule has 3 nitrogen and oxygen atoms in total. The standard InChI is InChI=1S/C23H27ClN2O/c1-15(2)21-12-11-20-13-25-14-26(20)22(21)23(27)18-5-3-16(4-6-18)17-7-9-19(24)10-8-17/h7-16,18,23,27H,3-6H2,1-2H3/t16?,18?,23-/m1/s1. The first-order valence-corrected chi connectivity index (χ1v) is 10.3. The largest absolute Gasteiger partial charge is 0.387 e. The van der Waals surface area contributed by atoms with E-state index in [1.807, 2.05) is 24.7 Å². The highest BCUT2D eigenvalue weighted by molar-refractivity contribution is 6.30. The number of nitrogens with zero attached hydrogens (tertiary/aromatic N) is 2. The molecule has 2 aromatic heterocycles. The lowest BCUT2D eigenvalue weighted by molar-refractivity contribution is 0.0752. The van der Waals surface area contributed by atoms with Crippen LogP contribution in [0.1, 0.15) is 74.3 Å². The van der Waals surface area contributed by atoms with Crippen LogP contribution in [0.15, 0.2) is 48.9 Å². The molecular formula is C23H27ClN2O. The normalized spacial score (nSPS) is 21.7. The molecule has 1 aliphatic rings. The van der Waals surface area contributed by atoms with E-state index >= 15 is 0 Å². The smallest absolute Gasteiger partial charge is 0.0995 e. The summed E-state index contributed by atoms with van der Waals surface area (Å²) < 4.78 is 2.07. The van der Waals surface area contributed by atoms with Gasteiger partial charge in [0.25, 0.3) is 0 Å². The Bertz CT molecular complexity index is 908. The van der Waals surface area contributed by atoms with E-state index in [9.17, 15) is 5.11 Å². The van der Waals surface area contributed by atoms with Crippen molar-refractivity contribution >= 4 is 17.1 Å². The molecule has 2 heterocycles. The number of aliphatic hydroxyl groups excluding tert-OH is 1. The monoisotopic (exact) mass is 382 g/mol. The molecule has 0 saturated heterocycles. The van der Waals surface area contributed by atoms with E-state index in [2.05, 4.69) is 47.5 Å². The molecule has 0 unspecified atom stereocenters. The summed E-state index contributed by atoms with van der Waals surface area (Å²) in [5.74, 6) is 1.23. The second-order valence-corrected chi connectivity index (χ2v) is 8.56. The summed E-state index contributed by atoms with van der Waals surface area (Å²) in [7, 11) is 0. The van der Waals surface area contributed by atoms with Gasteiger partial charge in [-0.05, 0) is 72.8 Å². The molecule has 1 N–H and O–H groups in total. The molecule has 1 aliphatic carbocycles. The highest BCUT2D eigenvalue weighted by Gasteiger charge is 2.31. The molecule has 0 radical (unpaired) electrons. The van der Waals surface area contributed by atoms with Crippen LogP contribution >= 0.6 is 11.6 Å². The lowest BCUT2D eigenvalue weighted by Gasteiger charge is -2.33. The third-order valence-corrected chi connectivity index (χ3v) is 6.37. The SMILES string of the molecule is CC(C)c1ccc2cncn2c1[C@H](O)C1CCC(c2ccc(Cl)cc2)CC1. The molecule has 142 valence electrons. The fourth-order valence-electron chi connectivity index (χ4n) is 4.56. The quantitative estimate of drug-likeness (QED) is 0.590. The van der Waals surface area contributed by atoms with Gasteiger partial charge in [-0.25, -0.2) is 4.98 Å². The Morgan fingerprint density at radius 2 is 1.74 bits per heavy atom. The zero-order chi connectivity index (χ0) is 19.0. The highest BCUT2D eigenvalue weighted by Crippen LogP contribution is 2.42. The minimum absolute atomic E-state index is 0.291. The number of hydrogen-bond donors (Lipinski definition) is 1. The fraction of sp³-hybridized carbons (Fsp3) is 0.435. The second kappa shape index (κ2) is 7.65. The second-order valence-electron chi connectivity index (χ2n) is 8.13. The van der Waals surface area contributed by atoms with Crippen LogP contribution < -0.4 is 0 Å². The third kappa shape index (κ3) is 3.63. The van der Waals surface area contributed by atoms with Crippen LogP contribution in [0.25, 0.3) is 5.52 Å². The van der Waals surface area contributed by atoms with E-state index in [1.165, 1.54) is 11.1 Å². The number of rotatable bonds is 4. The number of pyridine rings is 1. The van der Waals surface area contributed by atoms with E-state index in [0.717, 1.165) is 41.9 Å². The first-order chi connectivity index (χ1) is 13.0. The molecule has 1 saturated carbocycles. The number of imidazole rings is 1. The molecular weight excluding hydrogens is 356 g/mol. The molecule has 3 aromatic rings. The predicted octanol–water partition coefficient (Wildman–Crippen LogP) is 6.12. The lowest BCUT2D eigenvalue weighted by Crippen LogP contribution is -2.22. The van der Waals surface area contributed by atoms with Gasteiger partial charge in [0.2, 0.25) is 0 Å². The first-order valence-electron chi connectivity index (χ1n) is 9.93. The van der Waals surface area contributed by atoms with E-state index in [4.69, 9.17) is 11.6 Å². The van der Waals surface area contributed by atoms with Crippen LogP contribution in [0, 0.1) is 5.92 Å². The Hall–Kier alpha value is -1.84. The van der Waals surface area contributed by atoms with Crippen molar-refractivity contribution in [2.45, 2.75) is 57.5 Å². The van der Waals surface area contributed by atoms with Crippen molar-refractivity contribution in [3.63, 3.8) is 0 Å². The Morgan fingerprint density at radius 3 is 2.41 bits per heavy atom. The molecule has 0 amide bonds. The molecule has 27 heavy (non-hydrogen) atoms. The van der Waals surface area contributed by atoms with Gasteiger partial charge in [-0.15, -0.1) is 0 Å². The van der Waals surface area contributed by atoms with Crippen LogP contribution in [0.4, 0.5) is 0 Å². The average Bonchev–Trinajstić information content (AvgIpc) is 3.16. The number of fused-ring (bicyclic) bond motifs is 1. The average molecular weight is 383 g/mol. The number of aromatic nitrogens is 2. The Labute approximate surface area is 166 Å². The molecule has 1 fully saturated rings. The minimum atomic E-state index is -0.452. The van der Waals surface area contributed by atoms with Gasteiger partial charge in [-0.3, -0.25) is 0 Å². The summed E-state index contributed by atoms with van der Waals surface area (Å²) in [5, 5.41) is 12.1. The van der Waals surface area contributed by atoms with E-state index < -0.39 is 6.10 Å². The maximum atomic E-state index is 11.3. The molecule has 4 heteroatoms. The third-order valence-electron chi connectivity index (χ3n) is 6.12. The lowest BCUT2D eigenvalue weighted by atomic mass is 9.75. The number of aliphatic hydroxyl groups is 1. The van der Waals surface area contributed by atoms with Crippen molar-refractivity contribution in [1.29, 1.82) is 0 Å². The van der Waals surface area contributed by atoms with Crippen molar-refractivity contribution in [1.82, 2.24) is 9.38 Å². The summed E-state index contributed by atoms with van der Waals surface area (Å²) in [6.45, 7) is 4.37. The Morgan fingerprint density at radius 1 is 1.04 bits per heavy atom. The Kier molecular flexibility index (Phi) is 5.25. The van der Waals surface area contributed by atoms with E-state index in [0.29, 0.717) is 17.8 Å².